The standard InChI is InChI=1S/C9H19.C6H6O.Ba/c1-3-5-7-9-8-6-4-2;7-6-4-2-1-3-5-6;/h1,3-9H2,2H3;1-5,7H;/q;;+2. The van der Waals surface area contributed by atoms with E-state index >= 15 is 0 Å². The van der Waals surface area contributed by atoms with E-state index in [4.69, 9.17) is 5.11 Å². The van der Waals surface area contributed by atoms with Gasteiger partial charge in [0, 0.05) is 0 Å². The minimum atomic E-state index is 0.322. The molecule has 0 amide bonds. The summed E-state index contributed by atoms with van der Waals surface area (Å²) in [6.45, 7) is 2.28. The van der Waals surface area contributed by atoms with Crippen molar-refractivity contribution in [2.75, 3.05) is 0 Å². The molecule has 0 atom stereocenters. The molecule has 1 rings (SSSR count). The van der Waals surface area contributed by atoms with Crippen molar-refractivity contribution in [1.82, 2.24) is 0 Å². The second kappa shape index (κ2) is 14.7. The molecule has 0 aliphatic carbocycles. The van der Waals surface area contributed by atoms with Crippen LogP contribution in [0.3, 0.4) is 0 Å². The molecule has 1 aromatic carbocycles. The molecule has 7 radical (unpaired) electrons. The van der Waals surface area contributed by atoms with Crippen LogP contribution in [0.25, 0.3) is 0 Å². The molecule has 0 unspecified atom stereocenters. The molecule has 0 saturated carbocycles. The van der Waals surface area contributed by atoms with Crippen molar-refractivity contribution in [3.63, 3.8) is 0 Å². The number of rotatable bonds is 7. The van der Waals surface area contributed by atoms with E-state index in [1.807, 2.05) is 6.07 Å². The summed E-state index contributed by atoms with van der Waals surface area (Å²) in [5, 5.41) is 8.63. The second-order valence-corrected chi connectivity index (χ2v) is 6.53. The topological polar surface area (TPSA) is 20.2 Å². The second-order valence-electron chi connectivity index (χ2n) is 4.31. The molecule has 0 aliphatic rings. The maximum absolute atomic E-state index is 8.63. The first-order valence-electron chi connectivity index (χ1n) is 6.84. The van der Waals surface area contributed by atoms with Crippen LogP contribution in [0.4, 0.5) is 0 Å². The first-order valence-corrected chi connectivity index (χ1v) is 9.98. The predicted octanol–water partition coefficient (Wildman–Crippen LogP) is 4.72. The predicted molar refractivity (Wildman–Crippen MR) is 76.7 cm³/mol. The zero-order valence-electron chi connectivity index (χ0n) is 11.2. The molecule has 0 aliphatic heterocycles. The van der Waals surface area contributed by atoms with E-state index in [2.05, 4.69) is 6.92 Å². The zero-order valence-corrected chi connectivity index (χ0v) is 15.6. The molecular weight excluding hydrogens is 333 g/mol. The average Bonchev–Trinajstić information content (AvgIpc) is 2.35. The Bertz CT molecular complexity index is 228. The first kappa shape index (κ1) is 17.6. The third-order valence-corrected chi connectivity index (χ3v) is 4.18. The van der Waals surface area contributed by atoms with Gasteiger partial charge in [0.1, 0.15) is 5.75 Å². The molecule has 0 spiro atoms. The van der Waals surface area contributed by atoms with Crippen molar-refractivity contribution in [2.24, 2.45) is 0 Å². The summed E-state index contributed by atoms with van der Waals surface area (Å²) in [6.07, 6.45) is 10.3. The fourth-order valence-corrected chi connectivity index (χ4v) is 2.67. The summed E-state index contributed by atoms with van der Waals surface area (Å²) in [7, 11) is 0. The molecule has 0 bridgehead atoms. The number of aromatic hydroxyl groups is 1. The molecule has 0 aromatic heterocycles. The molecule has 0 fully saturated rings. The largest absolute Gasteiger partial charge is 0.508 e. The summed E-state index contributed by atoms with van der Waals surface area (Å²) < 4.78 is 1.56. The minimum absolute atomic E-state index is 0.322. The van der Waals surface area contributed by atoms with Gasteiger partial charge in [-0.15, -0.1) is 0 Å². The smallest absolute Gasteiger partial charge is 0.115 e. The van der Waals surface area contributed by atoms with Gasteiger partial charge in [-0.1, -0.05) is 18.2 Å². The van der Waals surface area contributed by atoms with Gasteiger partial charge in [-0.2, -0.15) is 0 Å². The van der Waals surface area contributed by atoms with Gasteiger partial charge < -0.3 is 5.11 Å². The van der Waals surface area contributed by atoms with E-state index < -0.39 is 0 Å². The van der Waals surface area contributed by atoms with Crippen molar-refractivity contribution < 1.29 is 5.11 Å². The molecule has 1 aromatic rings. The van der Waals surface area contributed by atoms with Crippen LogP contribution >= 0.6 is 0 Å². The van der Waals surface area contributed by atoms with Crippen molar-refractivity contribution in [3.05, 3.63) is 30.3 Å². The summed E-state index contributed by atoms with van der Waals surface area (Å²) in [6, 6.07) is 8.71. The number of phenolic OH excluding ortho intramolecular Hbond substituents is 1. The molecule has 1 nitrogen and oxygen atoms in total. The minimum Gasteiger partial charge on any atom is -0.508 e. The first-order chi connectivity index (χ1) is 8.31. The van der Waals surface area contributed by atoms with E-state index in [0.717, 1.165) is 46.5 Å². The molecule has 0 saturated heterocycles. The molecule has 91 valence electrons. The van der Waals surface area contributed by atoms with Crippen LogP contribution in [0.1, 0.15) is 51.9 Å². The summed E-state index contributed by atoms with van der Waals surface area (Å²) in [5.41, 5.74) is 0. The molecule has 0 heterocycles. The zero-order chi connectivity index (χ0) is 12.8. The van der Waals surface area contributed by atoms with Gasteiger partial charge in [-0.3, -0.25) is 0 Å². The molecule has 2 heteroatoms. The van der Waals surface area contributed by atoms with Crippen LogP contribution in [-0.4, -0.2) is 51.6 Å². The number of hydrogen-bond acceptors (Lipinski definition) is 1. The number of unbranched alkanes of at least 4 members (excludes halogenated alkanes) is 6. The summed E-state index contributed by atoms with van der Waals surface area (Å²) >= 11 is 1.06. The third kappa shape index (κ3) is 14.5. The normalized spacial score (nSPS) is 9.53. The van der Waals surface area contributed by atoms with Crippen LogP contribution < -0.4 is 0 Å². The van der Waals surface area contributed by atoms with Crippen LogP contribution in [-0.2, 0) is 0 Å². The van der Waals surface area contributed by atoms with Crippen LogP contribution in [0, 0.1) is 0 Å². The Hall–Kier alpha value is 0.591. The monoisotopic (exact) mass is 359 g/mol. The van der Waals surface area contributed by atoms with E-state index in [9.17, 15) is 0 Å². The maximum atomic E-state index is 8.63. The molecule has 17 heavy (non-hydrogen) atoms. The number of benzene rings is 1. The fraction of sp³-hybridized carbons (Fsp3) is 0.600. The molecular formula is C15H25BaO+2. The van der Waals surface area contributed by atoms with E-state index in [1.54, 1.807) is 25.2 Å². The molecule has 1 N–H and O–H groups in total. The average molecular weight is 359 g/mol. The van der Waals surface area contributed by atoms with Crippen molar-refractivity contribution in [3.8, 4) is 5.75 Å². The van der Waals surface area contributed by atoms with E-state index in [0.29, 0.717) is 5.75 Å². The Morgan fingerprint density at radius 2 is 1.41 bits per heavy atom. The SMILES string of the molecule is CCCCCCCC[CH2][Ba+2].Oc1ccccc1. The number of para-hydroxylation sites is 1. The van der Waals surface area contributed by atoms with Gasteiger partial charge in [0.25, 0.3) is 0 Å². The van der Waals surface area contributed by atoms with Gasteiger partial charge in [0.2, 0.25) is 0 Å². The maximum Gasteiger partial charge on any atom is 0.115 e. The third-order valence-electron chi connectivity index (χ3n) is 2.61. The Morgan fingerprint density at radius 3 is 1.82 bits per heavy atom. The van der Waals surface area contributed by atoms with Crippen molar-refractivity contribution in [1.29, 1.82) is 0 Å². The van der Waals surface area contributed by atoms with Gasteiger partial charge >= 0.3 is 99.3 Å². The van der Waals surface area contributed by atoms with Crippen LogP contribution in [0.15, 0.2) is 30.3 Å². The van der Waals surface area contributed by atoms with Crippen LogP contribution in [0.5, 0.6) is 5.75 Å². The van der Waals surface area contributed by atoms with E-state index in [-0.39, 0.29) is 0 Å². The Balaban J connectivity index is 0.000000318. The van der Waals surface area contributed by atoms with Crippen molar-refractivity contribution >= 4 is 46.5 Å². The summed E-state index contributed by atoms with van der Waals surface area (Å²) in [5.74, 6) is 0.322. The van der Waals surface area contributed by atoms with E-state index in [1.165, 1.54) is 44.9 Å². The van der Waals surface area contributed by atoms with Gasteiger partial charge in [0.15, 0.2) is 0 Å². The van der Waals surface area contributed by atoms with Gasteiger partial charge in [-0.25, -0.2) is 0 Å². The Kier molecular flexibility index (Phi) is 15.2. The fourth-order valence-electron chi connectivity index (χ4n) is 1.56. The quantitative estimate of drug-likeness (QED) is 0.552. The Morgan fingerprint density at radius 1 is 0.882 bits per heavy atom. The van der Waals surface area contributed by atoms with Crippen LogP contribution in [0.2, 0.25) is 0.889 Å². The van der Waals surface area contributed by atoms with Gasteiger partial charge in [0.05, 0.1) is 0 Å². The Labute approximate surface area is 139 Å². The van der Waals surface area contributed by atoms with Crippen molar-refractivity contribution in [2.45, 2.75) is 52.8 Å². The number of phenols is 1. The number of hydrogen-bond donors (Lipinski definition) is 1. The summed E-state index contributed by atoms with van der Waals surface area (Å²) in [4.78, 5) is 0. The van der Waals surface area contributed by atoms with Gasteiger partial charge in [-0.05, 0) is 12.1 Å².